The van der Waals surface area contributed by atoms with Gasteiger partial charge in [0.05, 0.1) is 16.1 Å². The maximum atomic E-state index is 9.79. The van der Waals surface area contributed by atoms with Crippen molar-refractivity contribution < 1.29 is 14.2 Å². The molecule has 0 amide bonds. The maximum Gasteiger partial charge on any atom is 0.231 e. The van der Waals surface area contributed by atoms with E-state index >= 15 is 0 Å². The molecule has 1 saturated heterocycles. The Morgan fingerprint density at radius 1 is 1.23 bits per heavy atom. The van der Waals surface area contributed by atoms with Crippen molar-refractivity contribution in [2.45, 2.75) is 18.9 Å². The molecular weight excluding hydrogens is 416 g/mol. The second-order valence-corrected chi connectivity index (χ2v) is 8.13. The molecule has 31 heavy (non-hydrogen) atoms. The molecule has 2 aliphatic rings. The van der Waals surface area contributed by atoms with E-state index < -0.39 is 0 Å². The summed E-state index contributed by atoms with van der Waals surface area (Å²) >= 11 is 6.38. The van der Waals surface area contributed by atoms with Gasteiger partial charge in [-0.25, -0.2) is 4.98 Å². The fraction of sp³-hybridized carbons (Fsp3) is 0.304. The third-order valence-corrected chi connectivity index (χ3v) is 5.95. The largest absolute Gasteiger partial charge is 0.490 e. The molecule has 2 aromatic carbocycles. The molecular formula is C23H21ClN4O3. The predicted octanol–water partition coefficient (Wildman–Crippen LogP) is 4.71. The number of anilines is 2. The van der Waals surface area contributed by atoms with Gasteiger partial charge in [-0.05, 0) is 50.2 Å². The molecule has 1 fully saturated rings. The zero-order chi connectivity index (χ0) is 21.4. The van der Waals surface area contributed by atoms with Crippen LogP contribution in [0.3, 0.4) is 0 Å². The van der Waals surface area contributed by atoms with Crippen molar-refractivity contribution in [3.8, 4) is 23.3 Å². The summed E-state index contributed by atoms with van der Waals surface area (Å²) in [5.41, 5.74) is 1.64. The standard InChI is InChI=1S/C23H21ClN4O3/c1-28-9-7-15(8-10-28)31-19-4-2-3-18-16(19)11-14(12-25)23(26-18)27-21-17(24)5-6-20-22(21)30-13-29-20/h2-6,11,15H,7-10,13H2,1H3,(H,26,27). The quantitative estimate of drug-likeness (QED) is 0.634. The molecule has 1 N–H and O–H groups in total. The summed E-state index contributed by atoms with van der Waals surface area (Å²) in [4.78, 5) is 7.00. The minimum atomic E-state index is 0.123. The summed E-state index contributed by atoms with van der Waals surface area (Å²) in [6.45, 7) is 2.15. The SMILES string of the molecule is CN1CCC(Oc2cccc3nc(Nc4c(Cl)ccc5c4OCO5)c(C#N)cc23)CC1. The van der Waals surface area contributed by atoms with Gasteiger partial charge in [0.1, 0.15) is 29.4 Å². The van der Waals surface area contributed by atoms with Crippen molar-refractivity contribution in [2.24, 2.45) is 0 Å². The number of nitriles is 1. The Kier molecular flexibility index (Phi) is 5.18. The number of fused-ring (bicyclic) bond motifs is 2. The topological polar surface area (TPSA) is 79.6 Å². The van der Waals surface area contributed by atoms with E-state index in [9.17, 15) is 5.26 Å². The zero-order valence-corrected chi connectivity index (χ0v) is 17.8. The predicted molar refractivity (Wildman–Crippen MR) is 118 cm³/mol. The van der Waals surface area contributed by atoms with E-state index in [0.29, 0.717) is 33.6 Å². The van der Waals surface area contributed by atoms with Crippen molar-refractivity contribution in [1.82, 2.24) is 9.88 Å². The molecule has 0 aliphatic carbocycles. The minimum absolute atomic E-state index is 0.123. The van der Waals surface area contributed by atoms with Crippen molar-refractivity contribution in [2.75, 3.05) is 32.2 Å². The van der Waals surface area contributed by atoms with Crippen molar-refractivity contribution >= 4 is 34.0 Å². The summed E-state index contributed by atoms with van der Waals surface area (Å²) in [5.74, 6) is 2.26. The number of pyridine rings is 1. The normalized spacial score (nSPS) is 16.3. The van der Waals surface area contributed by atoms with Crippen LogP contribution in [0.5, 0.6) is 17.2 Å². The summed E-state index contributed by atoms with van der Waals surface area (Å²) in [7, 11) is 2.12. The number of hydrogen-bond donors (Lipinski definition) is 1. The van der Waals surface area contributed by atoms with Crippen LogP contribution in [0.25, 0.3) is 10.9 Å². The monoisotopic (exact) mass is 436 g/mol. The molecule has 5 rings (SSSR count). The van der Waals surface area contributed by atoms with E-state index in [1.807, 2.05) is 24.3 Å². The highest BCUT2D eigenvalue weighted by Crippen LogP contribution is 2.45. The van der Waals surface area contributed by atoms with Crippen LogP contribution in [0, 0.1) is 11.3 Å². The number of hydrogen-bond acceptors (Lipinski definition) is 7. The number of benzene rings is 2. The first kappa shape index (κ1) is 19.7. The number of nitrogens with one attached hydrogen (secondary N) is 1. The molecule has 158 valence electrons. The van der Waals surface area contributed by atoms with E-state index in [0.717, 1.165) is 42.6 Å². The van der Waals surface area contributed by atoms with Crippen LogP contribution in [0.2, 0.25) is 5.02 Å². The van der Waals surface area contributed by atoms with Gasteiger partial charge in [-0.2, -0.15) is 5.26 Å². The molecule has 0 atom stereocenters. The van der Waals surface area contributed by atoms with Crippen LogP contribution in [-0.2, 0) is 0 Å². The second-order valence-electron chi connectivity index (χ2n) is 7.72. The van der Waals surface area contributed by atoms with Gasteiger partial charge in [0, 0.05) is 18.5 Å². The fourth-order valence-corrected chi connectivity index (χ4v) is 4.11. The van der Waals surface area contributed by atoms with E-state index in [4.69, 9.17) is 30.8 Å². The van der Waals surface area contributed by atoms with Gasteiger partial charge in [-0.1, -0.05) is 17.7 Å². The molecule has 3 heterocycles. The molecule has 8 heteroatoms. The number of halogens is 1. The Balaban J connectivity index is 1.50. The van der Waals surface area contributed by atoms with Crippen LogP contribution in [0.4, 0.5) is 11.5 Å². The molecule has 0 spiro atoms. The number of rotatable bonds is 4. The molecule has 3 aromatic rings. The molecule has 2 aliphatic heterocycles. The molecule has 0 saturated carbocycles. The molecule has 0 unspecified atom stereocenters. The zero-order valence-electron chi connectivity index (χ0n) is 17.0. The lowest BCUT2D eigenvalue weighted by Crippen LogP contribution is -2.35. The van der Waals surface area contributed by atoms with Crippen LogP contribution < -0.4 is 19.5 Å². The lowest BCUT2D eigenvalue weighted by atomic mass is 10.1. The molecule has 0 bridgehead atoms. The Hall–Kier alpha value is -3.21. The maximum absolute atomic E-state index is 9.79. The molecule has 0 radical (unpaired) electrons. The lowest BCUT2D eigenvalue weighted by Gasteiger charge is -2.29. The smallest absolute Gasteiger partial charge is 0.231 e. The van der Waals surface area contributed by atoms with Crippen LogP contribution in [0.1, 0.15) is 18.4 Å². The fourth-order valence-electron chi connectivity index (χ4n) is 3.92. The first-order valence-electron chi connectivity index (χ1n) is 10.2. The van der Waals surface area contributed by atoms with Gasteiger partial charge in [0.2, 0.25) is 6.79 Å². The van der Waals surface area contributed by atoms with Crippen molar-refractivity contribution in [3.63, 3.8) is 0 Å². The third-order valence-electron chi connectivity index (χ3n) is 5.63. The molecule has 1 aromatic heterocycles. The first-order valence-corrected chi connectivity index (χ1v) is 10.5. The highest BCUT2D eigenvalue weighted by Gasteiger charge is 2.23. The van der Waals surface area contributed by atoms with Crippen LogP contribution in [0.15, 0.2) is 36.4 Å². The molecule has 7 nitrogen and oxygen atoms in total. The van der Waals surface area contributed by atoms with Crippen LogP contribution >= 0.6 is 11.6 Å². The van der Waals surface area contributed by atoms with Gasteiger partial charge in [0.15, 0.2) is 11.5 Å². The summed E-state index contributed by atoms with van der Waals surface area (Å²) < 4.78 is 17.3. The number of ether oxygens (including phenoxy) is 3. The van der Waals surface area contributed by atoms with Gasteiger partial charge < -0.3 is 24.4 Å². The highest BCUT2D eigenvalue weighted by molar-refractivity contribution is 6.33. The van der Waals surface area contributed by atoms with Gasteiger partial charge in [0.25, 0.3) is 0 Å². The van der Waals surface area contributed by atoms with E-state index in [2.05, 4.69) is 23.3 Å². The Morgan fingerprint density at radius 2 is 2.06 bits per heavy atom. The van der Waals surface area contributed by atoms with Crippen molar-refractivity contribution in [1.29, 1.82) is 5.26 Å². The average molecular weight is 437 g/mol. The Bertz CT molecular complexity index is 1190. The summed E-state index contributed by atoms with van der Waals surface area (Å²) in [6.07, 6.45) is 2.11. The number of aromatic nitrogens is 1. The van der Waals surface area contributed by atoms with Gasteiger partial charge >= 0.3 is 0 Å². The first-order chi connectivity index (χ1) is 15.1. The van der Waals surface area contributed by atoms with E-state index in [1.54, 1.807) is 12.1 Å². The third kappa shape index (κ3) is 3.80. The highest BCUT2D eigenvalue weighted by atomic mass is 35.5. The number of nitrogens with zero attached hydrogens (tertiary/aromatic N) is 3. The summed E-state index contributed by atoms with van der Waals surface area (Å²) in [5, 5.41) is 14.2. The average Bonchev–Trinajstić information content (AvgIpc) is 3.26. The van der Waals surface area contributed by atoms with E-state index in [1.165, 1.54) is 0 Å². The summed E-state index contributed by atoms with van der Waals surface area (Å²) in [6, 6.07) is 13.3. The van der Waals surface area contributed by atoms with Gasteiger partial charge in [-0.15, -0.1) is 0 Å². The van der Waals surface area contributed by atoms with Gasteiger partial charge in [-0.3, -0.25) is 0 Å². The number of likely N-dealkylation sites (tertiary alicyclic amines) is 1. The minimum Gasteiger partial charge on any atom is -0.490 e. The second kappa shape index (κ2) is 8.14. The number of piperidine rings is 1. The Labute approximate surface area is 185 Å². The van der Waals surface area contributed by atoms with Crippen LogP contribution in [-0.4, -0.2) is 42.9 Å². The lowest BCUT2D eigenvalue weighted by molar-refractivity contribution is 0.116. The van der Waals surface area contributed by atoms with Crippen molar-refractivity contribution in [3.05, 3.63) is 47.0 Å². The Morgan fingerprint density at radius 3 is 2.87 bits per heavy atom. The van der Waals surface area contributed by atoms with E-state index in [-0.39, 0.29) is 12.9 Å².